The molecule has 23 heavy (non-hydrogen) atoms. The molecule has 1 aromatic heterocycles. The highest BCUT2D eigenvalue weighted by molar-refractivity contribution is 6.30. The van der Waals surface area contributed by atoms with E-state index >= 15 is 0 Å². The van der Waals surface area contributed by atoms with Crippen LogP contribution < -0.4 is 5.32 Å². The number of halogens is 1. The molecule has 0 amide bonds. The zero-order valence-electron chi connectivity index (χ0n) is 14.0. The van der Waals surface area contributed by atoms with Gasteiger partial charge in [-0.05, 0) is 37.1 Å². The maximum absolute atomic E-state index is 6.05. The van der Waals surface area contributed by atoms with Crippen molar-refractivity contribution in [2.24, 2.45) is 4.99 Å². The smallest absolute Gasteiger partial charge is 0.194 e. The van der Waals surface area contributed by atoms with Gasteiger partial charge in [0, 0.05) is 31.4 Å². The Bertz CT molecular complexity index is 650. The third-order valence-corrected chi connectivity index (χ3v) is 3.59. The Hall–Kier alpha value is -2.01. The predicted molar refractivity (Wildman–Crippen MR) is 95.9 cm³/mol. The van der Waals surface area contributed by atoms with Crippen LogP contribution in [0.3, 0.4) is 0 Å². The summed E-state index contributed by atoms with van der Waals surface area (Å²) in [4.78, 5) is 6.77. The third kappa shape index (κ3) is 5.60. The molecule has 6 heteroatoms. The second-order valence-electron chi connectivity index (χ2n) is 5.50. The lowest BCUT2D eigenvalue weighted by Gasteiger charge is -2.22. The Morgan fingerprint density at radius 3 is 2.91 bits per heavy atom. The molecule has 0 aliphatic carbocycles. The van der Waals surface area contributed by atoms with Crippen molar-refractivity contribution in [2.45, 2.75) is 26.9 Å². The molecular weight excluding hydrogens is 310 g/mol. The lowest BCUT2D eigenvalue weighted by molar-refractivity contribution is 0.475. The van der Waals surface area contributed by atoms with Gasteiger partial charge in [-0.1, -0.05) is 23.7 Å². The molecule has 0 saturated carbocycles. The molecule has 2 rings (SSSR count). The molecule has 0 bridgehead atoms. The molecule has 1 N–H and O–H groups in total. The van der Waals surface area contributed by atoms with Crippen LogP contribution in [0.25, 0.3) is 0 Å². The van der Waals surface area contributed by atoms with Crippen molar-refractivity contribution in [1.29, 1.82) is 0 Å². The summed E-state index contributed by atoms with van der Waals surface area (Å²) in [6, 6.07) is 7.90. The van der Waals surface area contributed by atoms with E-state index in [9.17, 15) is 0 Å². The van der Waals surface area contributed by atoms with Crippen molar-refractivity contribution in [1.82, 2.24) is 20.0 Å². The zero-order valence-corrected chi connectivity index (χ0v) is 14.7. The predicted octanol–water partition coefficient (Wildman–Crippen LogP) is 2.94. The monoisotopic (exact) mass is 333 g/mol. The number of nitrogens with zero attached hydrogens (tertiary/aromatic N) is 4. The Balaban J connectivity index is 1.96. The highest BCUT2D eigenvalue weighted by Gasteiger charge is 2.06. The number of aryl methyl sites for hydroxylation is 1. The molecular formula is C17H24ClN5. The SMILES string of the molecule is CCNC(=NCCn1cc(C)cn1)N(C)Cc1cccc(Cl)c1. The number of nitrogens with one attached hydrogen (secondary N) is 1. The van der Waals surface area contributed by atoms with Crippen molar-refractivity contribution in [2.75, 3.05) is 20.1 Å². The van der Waals surface area contributed by atoms with Gasteiger partial charge < -0.3 is 10.2 Å². The number of hydrogen-bond donors (Lipinski definition) is 1. The lowest BCUT2D eigenvalue weighted by Crippen LogP contribution is -2.38. The fraction of sp³-hybridized carbons (Fsp3) is 0.412. The van der Waals surface area contributed by atoms with Crippen LogP contribution in [-0.2, 0) is 13.1 Å². The normalized spacial score (nSPS) is 11.6. The Kier molecular flexibility index (Phi) is 6.47. The van der Waals surface area contributed by atoms with E-state index in [2.05, 4.69) is 33.3 Å². The van der Waals surface area contributed by atoms with Crippen LogP contribution in [0.1, 0.15) is 18.1 Å². The Morgan fingerprint density at radius 2 is 2.26 bits per heavy atom. The van der Waals surface area contributed by atoms with Crippen LogP contribution in [0, 0.1) is 6.92 Å². The molecule has 124 valence electrons. The van der Waals surface area contributed by atoms with Crippen molar-refractivity contribution in [3.8, 4) is 0 Å². The summed E-state index contributed by atoms with van der Waals surface area (Å²) in [7, 11) is 2.03. The maximum atomic E-state index is 6.05. The zero-order chi connectivity index (χ0) is 16.7. The van der Waals surface area contributed by atoms with Gasteiger partial charge >= 0.3 is 0 Å². The van der Waals surface area contributed by atoms with E-state index in [1.54, 1.807) is 0 Å². The summed E-state index contributed by atoms with van der Waals surface area (Å²) in [5.41, 5.74) is 2.33. The van der Waals surface area contributed by atoms with Crippen LogP contribution in [0.5, 0.6) is 0 Å². The number of hydrogen-bond acceptors (Lipinski definition) is 2. The second kappa shape index (κ2) is 8.58. The first-order valence-electron chi connectivity index (χ1n) is 7.81. The van der Waals surface area contributed by atoms with Gasteiger partial charge in [-0.3, -0.25) is 9.67 Å². The molecule has 0 saturated heterocycles. The number of rotatable bonds is 6. The molecule has 2 aromatic rings. The minimum atomic E-state index is 0.684. The Labute approximate surface area is 143 Å². The van der Waals surface area contributed by atoms with Crippen LogP contribution in [0.4, 0.5) is 0 Å². The highest BCUT2D eigenvalue weighted by atomic mass is 35.5. The fourth-order valence-corrected chi connectivity index (χ4v) is 2.51. The molecule has 0 unspecified atom stereocenters. The van der Waals surface area contributed by atoms with Gasteiger partial charge in [-0.25, -0.2) is 0 Å². The molecule has 0 aliphatic heterocycles. The minimum Gasteiger partial charge on any atom is -0.357 e. The van der Waals surface area contributed by atoms with Crippen LogP contribution in [0.15, 0.2) is 41.7 Å². The average molecular weight is 334 g/mol. The molecule has 1 heterocycles. The number of aliphatic imine (C=N–C) groups is 1. The summed E-state index contributed by atoms with van der Waals surface area (Å²) in [5.74, 6) is 0.886. The van der Waals surface area contributed by atoms with Crippen LogP contribution in [-0.4, -0.2) is 40.8 Å². The van der Waals surface area contributed by atoms with Gasteiger partial charge in [-0.15, -0.1) is 0 Å². The van der Waals surface area contributed by atoms with Gasteiger partial charge in [0.15, 0.2) is 5.96 Å². The van der Waals surface area contributed by atoms with E-state index in [0.29, 0.717) is 6.54 Å². The summed E-state index contributed by atoms with van der Waals surface area (Å²) in [6.45, 7) is 7.15. The Morgan fingerprint density at radius 1 is 1.43 bits per heavy atom. The molecule has 0 radical (unpaired) electrons. The topological polar surface area (TPSA) is 45.5 Å². The van der Waals surface area contributed by atoms with Crippen molar-refractivity contribution in [3.05, 3.63) is 52.8 Å². The first-order chi connectivity index (χ1) is 11.1. The first kappa shape index (κ1) is 17.3. The van der Waals surface area contributed by atoms with Crippen LogP contribution >= 0.6 is 11.6 Å². The van der Waals surface area contributed by atoms with Crippen molar-refractivity contribution < 1.29 is 0 Å². The van der Waals surface area contributed by atoms with Gasteiger partial charge in [0.1, 0.15) is 0 Å². The van der Waals surface area contributed by atoms with Gasteiger partial charge in [-0.2, -0.15) is 5.10 Å². The number of aromatic nitrogens is 2. The van der Waals surface area contributed by atoms with E-state index in [1.165, 1.54) is 5.56 Å². The van der Waals surface area contributed by atoms with E-state index in [4.69, 9.17) is 11.6 Å². The summed E-state index contributed by atoms with van der Waals surface area (Å²) in [6.07, 6.45) is 3.89. The molecule has 0 atom stereocenters. The molecule has 5 nitrogen and oxygen atoms in total. The molecule has 1 aromatic carbocycles. The van der Waals surface area contributed by atoms with Crippen LogP contribution in [0.2, 0.25) is 5.02 Å². The quantitative estimate of drug-likeness (QED) is 0.653. The number of benzene rings is 1. The number of guanidine groups is 1. The van der Waals surface area contributed by atoms with E-state index < -0.39 is 0 Å². The van der Waals surface area contributed by atoms with Gasteiger partial charge in [0.2, 0.25) is 0 Å². The molecule has 0 aliphatic rings. The maximum Gasteiger partial charge on any atom is 0.194 e. The highest BCUT2D eigenvalue weighted by Crippen LogP contribution is 2.12. The van der Waals surface area contributed by atoms with E-state index in [0.717, 1.165) is 36.2 Å². The van der Waals surface area contributed by atoms with E-state index in [-0.39, 0.29) is 0 Å². The molecule has 0 fully saturated rings. The largest absolute Gasteiger partial charge is 0.357 e. The summed E-state index contributed by atoms with van der Waals surface area (Å²) >= 11 is 6.05. The van der Waals surface area contributed by atoms with Gasteiger partial charge in [0.05, 0.1) is 19.3 Å². The summed E-state index contributed by atoms with van der Waals surface area (Å²) < 4.78 is 1.92. The van der Waals surface area contributed by atoms with Crippen molar-refractivity contribution in [3.63, 3.8) is 0 Å². The standard InChI is InChI=1S/C17H24ClN5/c1-4-19-17(20-8-9-23-12-14(2)11-21-23)22(3)13-15-6-5-7-16(18)10-15/h5-7,10-12H,4,8-9,13H2,1-3H3,(H,19,20). The fourth-order valence-electron chi connectivity index (χ4n) is 2.30. The lowest BCUT2D eigenvalue weighted by atomic mass is 10.2. The second-order valence-corrected chi connectivity index (χ2v) is 5.94. The summed E-state index contributed by atoms with van der Waals surface area (Å²) in [5, 5.41) is 8.36. The van der Waals surface area contributed by atoms with Crippen molar-refractivity contribution >= 4 is 17.6 Å². The van der Waals surface area contributed by atoms with Gasteiger partial charge in [0.25, 0.3) is 0 Å². The minimum absolute atomic E-state index is 0.684. The first-order valence-corrected chi connectivity index (χ1v) is 8.19. The third-order valence-electron chi connectivity index (χ3n) is 3.36. The molecule has 0 spiro atoms. The van der Waals surface area contributed by atoms with E-state index in [1.807, 2.05) is 49.2 Å². The average Bonchev–Trinajstić information content (AvgIpc) is 2.92.